The van der Waals surface area contributed by atoms with Crippen LogP contribution in [0.5, 0.6) is 0 Å². The van der Waals surface area contributed by atoms with Crippen LogP contribution in [0.1, 0.15) is 26.7 Å². The van der Waals surface area contributed by atoms with Crippen LogP contribution >= 0.6 is 0 Å². The Kier molecular flexibility index (Phi) is 5.11. The number of ether oxygens (including phenoxy) is 1. The molecule has 0 saturated carbocycles. The fraction of sp³-hybridized carbons (Fsp3) is 0.778. The molecule has 0 aliphatic rings. The number of methoxy groups -OCH3 is 1. The molecular weight excluding hydrogens is 172 g/mol. The zero-order valence-corrected chi connectivity index (χ0v) is 8.24. The van der Waals surface area contributed by atoms with Crippen LogP contribution in [-0.2, 0) is 14.3 Å². The molecule has 0 amide bonds. The number of carbonyl (C=O) groups is 2. The standard InChI is InChI=1S/C9H16O4/c1-4-6(2)7(9(11)12)5-8(10)13-3/h6-7H,4-5H2,1-3H3,(H,11,12)/t6-,7-/m0/s1. The molecule has 4 heteroatoms. The van der Waals surface area contributed by atoms with Gasteiger partial charge in [-0.05, 0) is 5.92 Å². The van der Waals surface area contributed by atoms with Crippen molar-refractivity contribution < 1.29 is 19.4 Å². The maximum Gasteiger partial charge on any atom is 0.307 e. The van der Waals surface area contributed by atoms with Gasteiger partial charge in [-0.15, -0.1) is 0 Å². The predicted octanol–water partition coefficient (Wildman–Crippen LogP) is 1.30. The molecule has 0 unspecified atom stereocenters. The van der Waals surface area contributed by atoms with E-state index in [9.17, 15) is 9.59 Å². The normalized spacial score (nSPS) is 14.7. The van der Waals surface area contributed by atoms with Crippen LogP contribution in [0.2, 0.25) is 0 Å². The summed E-state index contributed by atoms with van der Waals surface area (Å²) in [7, 11) is 1.26. The fourth-order valence-electron chi connectivity index (χ4n) is 1.08. The maximum atomic E-state index is 10.9. The van der Waals surface area contributed by atoms with E-state index in [1.807, 2.05) is 13.8 Å². The zero-order valence-electron chi connectivity index (χ0n) is 8.24. The van der Waals surface area contributed by atoms with Gasteiger partial charge in [-0.1, -0.05) is 20.3 Å². The predicted molar refractivity (Wildman–Crippen MR) is 47.2 cm³/mol. The van der Waals surface area contributed by atoms with Crippen LogP contribution in [0.15, 0.2) is 0 Å². The van der Waals surface area contributed by atoms with Gasteiger partial charge in [0.05, 0.1) is 19.4 Å². The van der Waals surface area contributed by atoms with E-state index in [-0.39, 0.29) is 12.3 Å². The molecule has 0 aromatic carbocycles. The number of rotatable bonds is 5. The van der Waals surface area contributed by atoms with Crippen LogP contribution in [0, 0.1) is 11.8 Å². The molecular formula is C9H16O4. The molecule has 0 fully saturated rings. The number of esters is 1. The lowest BCUT2D eigenvalue weighted by Crippen LogP contribution is -2.24. The molecule has 0 aromatic heterocycles. The van der Waals surface area contributed by atoms with Crippen LogP contribution in [0.3, 0.4) is 0 Å². The average molecular weight is 188 g/mol. The second-order valence-electron chi connectivity index (χ2n) is 3.11. The van der Waals surface area contributed by atoms with Crippen molar-refractivity contribution in [2.45, 2.75) is 26.7 Å². The van der Waals surface area contributed by atoms with Gasteiger partial charge in [0.2, 0.25) is 0 Å². The monoisotopic (exact) mass is 188 g/mol. The molecule has 0 aliphatic carbocycles. The van der Waals surface area contributed by atoms with Crippen molar-refractivity contribution in [3.8, 4) is 0 Å². The van der Waals surface area contributed by atoms with Gasteiger partial charge in [0.15, 0.2) is 0 Å². The maximum absolute atomic E-state index is 10.9. The van der Waals surface area contributed by atoms with E-state index in [0.717, 1.165) is 6.42 Å². The fourth-order valence-corrected chi connectivity index (χ4v) is 1.08. The number of carbonyl (C=O) groups excluding carboxylic acids is 1. The van der Waals surface area contributed by atoms with Crippen LogP contribution < -0.4 is 0 Å². The molecule has 0 rings (SSSR count). The lowest BCUT2D eigenvalue weighted by atomic mass is 9.89. The Balaban J connectivity index is 4.26. The van der Waals surface area contributed by atoms with Crippen molar-refractivity contribution in [3.63, 3.8) is 0 Å². The first-order chi connectivity index (χ1) is 6.02. The molecule has 0 heterocycles. The van der Waals surface area contributed by atoms with E-state index >= 15 is 0 Å². The van der Waals surface area contributed by atoms with E-state index in [1.165, 1.54) is 7.11 Å². The Morgan fingerprint density at radius 1 is 1.46 bits per heavy atom. The molecule has 76 valence electrons. The molecule has 2 atom stereocenters. The molecule has 0 bridgehead atoms. The molecule has 1 N–H and O–H groups in total. The highest BCUT2D eigenvalue weighted by molar-refractivity contribution is 5.78. The molecule has 4 nitrogen and oxygen atoms in total. The molecule has 13 heavy (non-hydrogen) atoms. The highest BCUT2D eigenvalue weighted by Gasteiger charge is 2.26. The smallest absolute Gasteiger partial charge is 0.307 e. The Morgan fingerprint density at radius 3 is 2.31 bits per heavy atom. The topological polar surface area (TPSA) is 63.6 Å². The summed E-state index contributed by atoms with van der Waals surface area (Å²) in [6, 6.07) is 0. The molecule has 0 aromatic rings. The summed E-state index contributed by atoms with van der Waals surface area (Å²) >= 11 is 0. The number of aliphatic carboxylic acids is 1. The lowest BCUT2D eigenvalue weighted by molar-refractivity contribution is -0.151. The van der Waals surface area contributed by atoms with Gasteiger partial charge in [-0.2, -0.15) is 0 Å². The number of carboxylic acid groups (broad SMARTS) is 1. The van der Waals surface area contributed by atoms with E-state index < -0.39 is 17.9 Å². The van der Waals surface area contributed by atoms with Gasteiger partial charge in [0.1, 0.15) is 0 Å². The third-order valence-electron chi connectivity index (χ3n) is 2.26. The summed E-state index contributed by atoms with van der Waals surface area (Å²) in [5.41, 5.74) is 0. The van der Waals surface area contributed by atoms with Crippen LogP contribution in [0.4, 0.5) is 0 Å². The quantitative estimate of drug-likeness (QED) is 0.660. The van der Waals surface area contributed by atoms with E-state index in [4.69, 9.17) is 5.11 Å². The van der Waals surface area contributed by atoms with Crippen molar-refractivity contribution in [1.29, 1.82) is 0 Å². The third kappa shape index (κ3) is 3.92. The number of carboxylic acids is 1. The van der Waals surface area contributed by atoms with Crippen LogP contribution in [-0.4, -0.2) is 24.2 Å². The van der Waals surface area contributed by atoms with Gasteiger partial charge >= 0.3 is 11.9 Å². The van der Waals surface area contributed by atoms with Gasteiger partial charge in [-0.25, -0.2) is 0 Å². The summed E-state index contributed by atoms with van der Waals surface area (Å²) in [6.45, 7) is 3.72. The van der Waals surface area contributed by atoms with Crippen molar-refractivity contribution in [2.24, 2.45) is 11.8 Å². The van der Waals surface area contributed by atoms with Gasteiger partial charge in [0.25, 0.3) is 0 Å². The van der Waals surface area contributed by atoms with E-state index in [0.29, 0.717) is 0 Å². The Hall–Kier alpha value is -1.06. The van der Waals surface area contributed by atoms with Crippen molar-refractivity contribution in [1.82, 2.24) is 0 Å². The molecule has 0 saturated heterocycles. The highest BCUT2D eigenvalue weighted by atomic mass is 16.5. The number of hydrogen-bond donors (Lipinski definition) is 1. The minimum atomic E-state index is -0.931. The van der Waals surface area contributed by atoms with Crippen LogP contribution in [0.25, 0.3) is 0 Å². The lowest BCUT2D eigenvalue weighted by Gasteiger charge is -2.16. The summed E-state index contributed by atoms with van der Waals surface area (Å²) < 4.78 is 4.42. The average Bonchev–Trinajstić information content (AvgIpc) is 2.11. The van der Waals surface area contributed by atoms with Gasteiger partial charge < -0.3 is 9.84 Å². The van der Waals surface area contributed by atoms with Gasteiger partial charge in [0, 0.05) is 0 Å². The number of hydrogen-bond acceptors (Lipinski definition) is 3. The second-order valence-corrected chi connectivity index (χ2v) is 3.11. The first kappa shape index (κ1) is 11.9. The van der Waals surface area contributed by atoms with E-state index in [1.54, 1.807) is 0 Å². The SMILES string of the molecule is CC[C@H](C)[C@H](CC(=O)OC)C(=O)O. The molecule has 0 aliphatic heterocycles. The van der Waals surface area contributed by atoms with Gasteiger partial charge in [-0.3, -0.25) is 9.59 Å². The first-order valence-electron chi connectivity index (χ1n) is 4.32. The highest BCUT2D eigenvalue weighted by Crippen LogP contribution is 2.19. The zero-order chi connectivity index (χ0) is 10.4. The second kappa shape index (κ2) is 5.56. The molecule has 0 spiro atoms. The largest absolute Gasteiger partial charge is 0.481 e. The van der Waals surface area contributed by atoms with Crippen molar-refractivity contribution >= 4 is 11.9 Å². The third-order valence-corrected chi connectivity index (χ3v) is 2.26. The van der Waals surface area contributed by atoms with Crippen molar-refractivity contribution in [2.75, 3.05) is 7.11 Å². The minimum Gasteiger partial charge on any atom is -0.481 e. The minimum absolute atomic E-state index is 0.00315. The van der Waals surface area contributed by atoms with Crippen molar-refractivity contribution in [3.05, 3.63) is 0 Å². The Labute approximate surface area is 77.9 Å². The summed E-state index contributed by atoms with van der Waals surface area (Å²) in [5, 5.41) is 8.81. The summed E-state index contributed by atoms with van der Waals surface area (Å²) in [5.74, 6) is -2.03. The van der Waals surface area contributed by atoms with E-state index in [2.05, 4.69) is 4.74 Å². The summed E-state index contributed by atoms with van der Waals surface area (Å²) in [4.78, 5) is 21.6. The summed E-state index contributed by atoms with van der Waals surface area (Å²) in [6.07, 6.45) is 0.703. The molecule has 0 radical (unpaired) electrons. The Morgan fingerprint density at radius 2 is 2.00 bits per heavy atom. The first-order valence-corrected chi connectivity index (χ1v) is 4.32. The Bertz CT molecular complexity index is 188.